The zero-order chi connectivity index (χ0) is 23.1. The first-order chi connectivity index (χ1) is 15.4. The molecule has 0 saturated heterocycles. The fourth-order valence-corrected chi connectivity index (χ4v) is 3.54. The van der Waals surface area contributed by atoms with E-state index in [-0.39, 0.29) is 30.5 Å². The van der Waals surface area contributed by atoms with Gasteiger partial charge in [0.2, 0.25) is 5.91 Å². The Labute approximate surface area is 191 Å². The maximum absolute atomic E-state index is 14.0. The van der Waals surface area contributed by atoms with Crippen molar-refractivity contribution in [2.45, 2.75) is 19.0 Å². The van der Waals surface area contributed by atoms with Gasteiger partial charge in [0, 0.05) is 13.6 Å². The molecule has 3 aromatic rings. The van der Waals surface area contributed by atoms with Gasteiger partial charge in [-0.3, -0.25) is 9.59 Å². The van der Waals surface area contributed by atoms with Crippen molar-refractivity contribution in [3.63, 3.8) is 0 Å². The number of benzene rings is 3. The monoisotopic (exact) mass is 454 g/mol. The summed E-state index contributed by atoms with van der Waals surface area (Å²) >= 11 is 6.15. The minimum Gasteiger partial charge on any atom is -0.494 e. The van der Waals surface area contributed by atoms with Gasteiger partial charge >= 0.3 is 0 Å². The molecule has 0 saturated carbocycles. The molecule has 0 radical (unpaired) electrons. The highest BCUT2D eigenvalue weighted by Crippen LogP contribution is 2.22. The topological polar surface area (TPSA) is 58.6 Å². The van der Waals surface area contributed by atoms with Gasteiger partial charge in [0.15, 0.2) is 11.6 Å². The largest absolute Gasteiger partial charge is 0.494 e. The molecule has 1 N–H and O–H groups in total. The van der Waals surface area contributed by atoms with E-state index in [2.05, 4.69) is 5.32 Å². The van der Waals surface area contributed by atoms with Crippen molar-refractivity contribution in [1.29, 1.82) is 0 Å². The third-order valence-electron chi connectivity index (χ3n) is 5.07. The molecule has 3 aromatic carbocycles. The number of rotatable bonds is 8. The summed E-state index contributed by atoms with van der Waals surface area (Å²) in [4.78, 5) is 27.3. The van der Waals surface area contributed by atoms with Crippen molar-refractivity contribution in [3.8, 4) is 5.75 Å². The van der Waals surface area contributed by atoms with Gasteiger partial charge in [-0.05, 0) is 35.4 Å². The number of nitrogens with zero attached hydrogens (tertiary/aromatic N) is 1. The third kappa shape index (κ3) is 5.86. The summed E-state index contributed by atoms with van der Waals surface area (Å²) in [5.41, 5.74) is 1.77. The maximum atomic E-state index is 14.0. The molecule has 0 unspecified atom stereocenters. The first-order valence-electron chi connectivity index (χ1n) is 10.1. The smallest absolute Gasteiger partial charge is 0.253 e. The molecule has 166 valence electrons. The van der Waals surface area contributed by atoms with Crippen LogP contribution in [0.5, 0.6) is 5.75 Å². The van der Waals surface area contributed by atoms with Crippen molar-refractivity contribution in [2.75, 3.05) is 14.2 Å². The Kier molecular flexibility index (Phi) is 7.84. The van der Waals surface area contributed by atoms with E-state index < -0.39 is 11.9 Å². The minimum absolute atomic E-state index is 0.0370. The minimum atomic E-state index is -0.553. The molecule has 3 rings (SSSR count). The van der Waals surface area contributed by atoms with Gasteiger partial charge in [-0.25, -0.2) is 4.39 Å². The Morgan fingerprint density at radius 2 is 1.75 bits per heavy atom. The van der Waals surface area contributed by atoms with Gasteiger partial charge in [-0.2, -0.15) is 0 Å². The van der Waals surface area contributed by atoms with Crippen LogP contribution in [0.25, 0.3) is 0 Å². The molecule has 0 heterocycles. The molecule has 0 bridgehead atoms. The van der Waals surface area contributed by atoms with Gasteiger partial charge in [-0.15, -0.1) is 0 Å². The first-order valence-corrected chi connectivity index (χ1v) is 10.4. The van der Waals surface area contributed by atoms with E-state index in [1.165, 1.54) is 24.1 Å². The van der Waals surface area contributed by atoms with Crippen LogP contribution in [0.2, 0.25) is 5.02 Å². The predicted octanol–water partition coefficient (Wildman–Crippen LogP) is 5.01. The Morgan fingerprint density at radius 1 is 1.06 bits per heavy atom. The van der Waals surface area contributed by atoms with Crippen LogP contribution in [0.4, 0.5) is 4.39 Å². The Hall–Kier alpha value is -3.38. The maximum Gasteiger partial charge on any atom is 0.253 e. The van der Waals surface area contributed by atoms with Gasteiger partial charge in [0.05, 0.1) is 30.2 Å². The Balaban J connectivity index is 1.74. The quantitative estimate of drug-likeness (QED) is 0.520. The van der Waals surface area contributed by atoms with Gasteiger partial charge in [0.1, 0.15) is 0 Å². The lowest BCUT2D eigenvalue weighted by molar-refractivity contribution is -0.130. The van der Waals surface area contributed by atoms with Crippen molar-refractivity contribution >= 4 is 23.4 Å². The van der Waals surface area contributed by atoms with E-state index >= 15 is 0 Å². The summed E-state index contributed by atoms with van der Waals surface area (Å²) in [5.74, 6) is -0.902. The zero-order valence-electron chi connectivity index (χ0n) is 17.8. The Bertz CT molecular complexity index is 1090. The highest BCUT2D eigenvalue weighted by atomic mass is 35.5. The number of hydrogen-bond donors (Lipinski definition) is 1. The van der Waals surface area contributed by atoms with Gasteiger partial charge < -0.3 is 15.0 Å². The van der Waals surface area contributed by atoms with Crippen LogP contribution in [-0.4, -0.2) is 30.9 Å². The lowest BCUT2D eigenvalue weighted by atomic mass is 10.0. The van der Waals surface area contributed by atoms with E-state index in [0.29, 0.717) is 16.1 Å². The fourth-order valence-electron chi connectivity index (χ4n) is 3.32. The molecule has 0 aliphatic rings. The second kappa shape index (κ2) is 10.8. The molecular formula is C25H24ClFN2O3. The summed E-state index contributed by atoms with van der Waals surface area (Å²) in [6, 6.07) is 20.0. The van der Waals surface area contributed by atoms with Crippen LogP contribution in [0, 0.1) is 5.82 Å². The van der Waals surface area contributed by atoms with E-state index in [4.69, 9.17) is 16.3 Å². The second-order valence-corrected chi connectivity index (χ2v) is 7.75. The van der Waals surface area contributed by atoms with Crippen molar-refractivity contribution in [1.82, 2.24) is 10.2 Å². The molecule has 0 spiro atoms. The van der Waals surface area contributed by atoms with Crippen LogP contribution in [-0.2, 0) is 11.3 Å². The zero-order valence-corrected chi connectivity index (χ0v) is 18.6. The number of methoxy groups -OCH3 is 1. The van der Waals surface area contributed by atoms with Crippen LogP contribution in [0.1, 0.15) is 33.9 Å². The predicted molar refractivity (Wildman–Crippen MR) is 122 cm³/mol. The number of amides is 2. The first kappa shape index (κ1) is 23.3. The van der Waals surface area contributed by atoms with Crippen molar-refractivity contribution < 1.29 is 18.7 Å². The van der Waals surface area contributed by atoms with Crippen molar-refractivity contribution in [2.24, 2.45) is 0 Å². The number of hydrogen-bond acceptors (Lipinski definition) is 3. The highest BCUT2D eigenvalue weighted by Gasteiger charge is 2.22. The molecule has 0 aliphatic heterocycles. The molecule has 0 aliphatic carbocycles. The highest BCUT2D eigenvalue weighted by molar-refractivity contribution is 6.33. The fraction of sp³-hybridized carbons (Fsp3) is 0.200. The number of halogens is 2. The SMILES string of the molecule is COc1ccc(CN(C)C(=O)C[C@@H](NC(=O)c2ccccc2Cl)c2ccccc2)cc1F. The van der Waals surface area contributed by atoms with Crippen LogP contribution < -0.4 is 10.1 Å². The molecule has 1 atom stereocenters. The van der Waals surface area contributed by atoms with E-state index in [1.54, 1.807) is 37.4 Å². The van der Waals surface area contributed by atoms with Crippen molar-refractivity contribution in [3.05, 3.63) is 100 Å². The molecule has 0 aromatic heterocycles. The Morgan fingerprint density at radius 3 is 2.41 bits per heavy atom. The normalized spacial score (nSPS) is 11.5. The molecule has 2 amide bonds. The summed E-state index contributed by atoms with van der Waals surface area (Å²) in [6.07, 6.45) is 0.0370. The second-order valence-electron chi connectivity index (χ2n) is 7.34. The van der Waals surface area contributed by atoms with E-state index in [9.17, 15) is 14.0 Å². The average Bonchev–Trinajstić information content (AvgIpc) is 2.79. The van der Waals surface area contributed by atoms with Crippen LogP contribution >= 0.6 is 11.6 Å². The molecule has 5 nitrogen and oxygen atoms in total. The summed E-state index contributed by atoms with van der Waals surface area (Å²) in [7, 11) is 3.04. The molecule has 0 fully saturated rings. The summed E-state index contributed by atoms with van der Waals surface area (Å²) in [6.45, 7) is 0.222. The summed E-state index contributed by atoms with van der Waals surface area (Å²) in [5, 5.41) is 3.25. The number of carbonyl (C=O) groups excluding carboxylic acids is 2. The molecule has 32 heavy (non-hydrogen) atoms. The summed E-state index contributed by atoms with van der Waals surface area (Å²) < 4.78 is 18.9. The third-order valence-corrected chi connectivity index (χ3v) is 5.40. The van der Waals surface area contributed by atoms with Gasteiger partial charge in [-0.1, -0.05) is 60.1 Å². The van der Waals surface area contributed by atoms with E-state index in [0.717, 1.165) is 5.56 Å². The lowest BCUT2D eigenvalue weighted by Crippen LogP contribution is -2.34. The number of nitrogens with one attached hydrogen (secondary N) is 1. The van der Waals surface area contributed by atoms with Gasteiger partial charge in [0.25, 0.3) is 5.91 Å². The number of ether oxygens (including phenoxy) is 1. The molecule has 7 heteroatoms. The number of carbonyl (C=O) groups is 2. The van der Waals surface area contributed by atoms with Crippen LogP contribution in [0.15, 0.2) is 72.8 Å². The van der Waals surface area contributed by atoms with E-state index in [1.807, 2.05) is 30.3 Å². The molecular weight excluding hydrogens is 431 g/mol. The lowest BCUT2D eigenvalue weighted by Gasteiger charge is -2.23. The van der Waals surface area contributed by atoms with Crippen LogP contribution in [0.3, 0.4) is 0 Å². The standard InChI is InChI=1S/C25H24ClFN2O3/c1-29(16-17-12-13-23(32-2)21(27)14-17)24(30)15-22(18-8-4-3-5-9-18)28-25(31)19-10-6-7-11-20(19)26/h3-14,22H,15-16H2,1-2H3,(H,28,31)/t22-/m1/s1. The average molecular weight is 455 g/mol.